The van der Waals surface area contributed by atoms with Gasteiger partial charge < -0.3 is 0 Å². The van der Waals surface area contributed by atoms with Crippen LogP contribution in [0.3, 0.4) is 0 Å². The Morgan fingerprint density at radius 2 is 1.06 bits per heavy atom. The van der Waals surface area contributed by atoms with Crippen molar-refractivity contribution in [3.05, 3.63) is 97.1 Å². The second-order valence-electron chi connectivity index (χ2n) is 7.57. The Labute approximate surface area is 217 Å². The van der Waals surface area contributed by atoms with Crippen molar-refractivity contribution in [2.75, 3.05) is 11.5 Å². The van der Waals surface area contributed by atoms with Gasteiger partial charge in [0.2, 0.25) is 11.6 Å². The molecule has 36 heavy (non-hydrogen) atoms. The zero-order chi connectivity index (χ0) is 25.3. The molecular weight excluding hydrogens is 492 g/mol. The summed E-state index contributed by atoms with van der Waals surface area (Å²) < 4.78 is 3.70. The van der Waals surface area contributed by atoms with Crippen molar-refractivity contribution < 1.29 is 9.59 Å². The number of carbonyl (C=O) groups is 2. The van der Waals surface area contributed by atoms with Crippen molar-refractivity contribution in [3.63, 3.8) is 0 Å². The van der Waals surface area contributed by atoms with E-state index in [0.717, 1.165) is 0 Å². The third-order valence-corrected chi connectivity index (χ3v) is 7.05. The van der Waals surface area contributed by atoms with Crippen LogP contribution in [-0.4, -0.2) is 52.6 Å². The number of nitrogens with zero attached hydrogens (tertiary/aromatic N) is 6. The van der Waals surface area contributed by atoms with Gasteiger partial charge in [0.05, 0.1) is 11.5 Å². The number of rotatable bonds is 13. The number of hydrogen-bond acceptors (Lipinski definition) is 8. The molecule has 0 bridgehead atoms. The summed E-state index contributed by atoms with van der Waals surface area (Å²) in [6, 6.07) is 18.3. The normalized spacial score (nSPS) is 10.8. The van der Waals surface area contributed by atoms with Crippen LogP contribution in [0, 0.1) is 0 Å². The smallest absolute Gasteiger partial charge is 0.203 e. The van der Waals surface area contributed by atoms with Crippen LogP contribution in [0.2, 0.25) is 0 Å². The highest BCUT2D eigenvalue weighted by molar-refractivity contribution is 8.00. The molecule has 2 aromatic heterocycles. The molecule has 0 spiro atoms. The maximum atomic E-state index is 12.6. The van der Waals surface area contributed by atoms with Crippen LogP contribution < -0.4 is 0 Å². The van der Waals surface area contributed by atoms with E-state index in [0.29, 0.717) is 46.2 Å². The Bertz CT molecular complexity index is 1260. The van der Waals surface area contributed by atoms with E-state index in [-0.39, 0.29) is 23.1 Å². The summed E-state index contributed by atoms with van der Waals surface area (Å²) in [5, 5.41) is 18.5. The molecule has 182 valence electrons. The summed E-state index contributed by atoms with van der Waals surface area (Å²) in [4.78, 5) is 25.1. The molecule has 4 rings (SSSR count). The van der Waals surface area contributed by atoms with Gasteiger partial charge in [-0.05, 0) is 0 Å². The monoisotopic (exact) mass is 516 g/mol. The minimum Gasteiger partial charge on any atom is -0.295 e. The fraction of sp³-hybridized carbons (Fsp3) is 0.154. The van der Waals surface area contributed by atoms with Crippen molar-refractivity contribution in [2.24, 2.45) is 0 Å². The summed E-state index contributed by atoms with van der Waals surface area (Å²) in [7, 11) is 0. The van der Waals surface area contributed by atoms with Crippen LogP contribution >= 0.6 is 23.5 Å². The van der Waals surface area contributed by atoms with E-state index < -0.39 is 0 Å². The fourth-order valence-corrected chi connectivity index (χ4v) is 5.07. The molecule has 2 aromatic carbocycles. The molecule has 0 unspecified atom stereocenters. The van der Waals surface area contributed by atoms with Crippen molar-refractivity contribution >= 4 is 35.1 Å². The molecule has 2 heterocycles. The topological polar surface area (TPSA) is 95.6 Å². The van der Waals surface area contributed by atoms with Gasteiger partial charge in [0.25, 0.3) is 0 Å². The minimum absolute atomic E-state index is 0.00639. The lowest BCUT2D eigenvalue weighted by Gasteiger charge is -2.09. The lowest BCUT2D eigenvalue weighted by molar-refractivity contribution is 0.101. The third-order valence-electron chi connectivity index (χ3n) is 5.11. The van der Waals surface area contributed by atoms with E-state index in [9.17, 15) is 9.59 Å². The summed E-state index contributed by atoms with van der Waals surface area (Å²) in [5.41, 5.74) is 1.30. The number of hydrogen-bond donors (Lipinski definition) is 0. The number of carbonyl (C=O) groups excluding carboxylic acids is 2. The van der Waals surface area contributed by atoms with Crippen LogP contribution in [0.15, 0.2) is 96.3 Å². The molecule has 0 amide bonds. The second-order valence-corrected chi connectivity index (χ2v) is 9.45. The van der Waals surface area contributed by atoms with E-state index in [1.165, 1.54) is 23.5 Å². The van der Waals surface area contributed by atoms with E-state index in [2.05, 4.69) is 33.6 Å². The molecule has 0 N–H and O–H groups in total. The molecule has 0 atom stereocenters. The van der Waals surface area contributed by atoms with Crippen molar-refractivity contribution in [1.82, 2.24) is 29.5 Å². The Morgan fingerprint density at radius 1 is 0.667 bits per heavy atom. The van der Waals surface area contributed by atoms with E-state index in [1.807, 2.05) is 45.5 Å². The highest BCUT2D eigenvalue weighted by Gasteiger charge is 2.22. The van der Waals surface area contributed by atoms with Gasteiger partial charge in [-0.2, -0.15) is 0 Å². The zero-order valence-corrected chi connectivity index (χ0v) is 21.1. The average molecular weight is 517 g/mol. The Morgan fingerprint density at radius 3 is 1.42 bits per heavy atom. The first-order valence-electron chi connectivity index (χ1n) is 11.1. The third kappa shape index (κ3) is 5.89. The molecule has 0 aliphatic carbocycles. The first-order valence-corrected chi connectivity index (χ1v) is 13.1. The molecule has 0 fully saturated rings. The number of aromatic nitrogens is 6. The standard InChI is InChI=1S/C26H24N6O2S2/c1-3-15-31-23(27-29-25(31)35-17-21(33)19-11-7-5-8-12-19)24-28-30-26(32(24)16-4-2)36-18-22(34)20-13-9-6-10-14-20/h3-14H,1-2,15-18H2. The van der Waals surface area contributed by atoms with Gasteiger partial charge in [0, 0.05) is 24.2 Å². The molecule has 0 aliphatic rings. The summed E-state index contributed by atoms with van der Waals surface area (Å²) in [6.45, 7) is 8.55. The molecule has 0 saturated carbocycles. The Kier molecular flexibility index (Phi) is 8.64. The first-order chi connectivity index (χ1) is 17.6. The van der Waals surface area contributed by atoms with Crippen molar-refractivity contribution in [1.29, 1.82) is 0 Å². The van der Waals surface area contributed by atoms with E-state index >= 15 is 0 Å². The number of benzene rings is 2. The molecule has 0 saturated heterocycles. The van der Waals surface area contributed by atoms with Crippen LogP contribution in [0.5, 0.6) is 0 Å². The summed E-state index contributed by atoms with van der Waals surface area (Å²) in [5.74, 6) is 1.46. The first kappa shape index (κ1) is 25.3. The minimum atomic E-state index is 0.00639. The molecule has 0 radical (unpaired) electrons. The molecule has 0 aliphatic heterocycles. The molecule has 8 nitrogen and oxygen atoms in total. The van der Waals surface area contributed by atoms with E-state index in [1.54, 1.807) is 36.4 Å². The van der Waals surface area contributed by atoms with E-state index in [4.69, 9.17) is 0 Å². The van der Waals surface area contributed by atoms with Gasteiger partial charge in [0.15, 0.2) is 21.9 Å². The maximum Gasteiger partial charge on any atom is 0.203 e. The van der Waals surface area contributed by atoms with Crippen LogP contribution in [-0.2, 0) is 13.1 Å². The van der Waals surface area contributed by atoms with Gasteiger partial charge >= 0.3 is 0 Å². The highest BCUT2D eigenvalue weighted by atomic mass is 32.2. The Hall–Kier alpha value is -3.76. The summed E-state index contributed by atoms with van der Waals surface area (Å²) in [6.07, 6.45) is 3.47. The summed E-state index contributed by atoms with van der Waals surface area (Å²) >= 11 is 2.62. The maximum absolute atomic E-state index is 12.6. The number of allylic oxidation sites excluding steroid dienone is 2. The highest BCUT2D eigenvalue weighted by Crippen LogP contribution is 2.27. The van der Waals surface area contributed by atoms with Crippen molar-refractivity contribution in [3.8, 4) is 11.6 Å². The second kappa shape index (κ2) is 12.3. The van der Waals surface area contributed by atoms with Gasteiger partial charge in [-0.1, -0.05) is 96.3 Å². The zero-order valence-electron chi connectivity index (χ0n) is 19.5. The number of Topliss-reactive ketones (excluding diaryl/α,β-unsaturated/α-hetero) is 2. The molecule has 4 aromatic rings. The quantitative estimate of drug-likeness (QED) is 0.141. The predicted molar refractivity (Wildman–Crippen MR) is 142 cm³/mol. The van der Waals surface area contributed by atoms with Gasteiger partial charge in [0.1, 0.15) is 0 Å². The SMILES string of the molecule is C=CCn1c(SCC(=O)c2ccccc2)nnc1-c1nnc(SCC(=O)c2ccccc2)n1CC=C. The van der Waals surface area contributed by atoms with Crippen molar-refractivity contribution in [2.45, 2.75) is 23.4 Å². The van der Waals surface area contributed by atoms with Gasteiger partial charge in [-0.15, -0.1) is 33.6 Å². The fourth-order valence-electron chi connectivity index (χ4n) is 3.38. The Balaban J connectivity index is 1.55. The van der Waals surface area contributed by atoms with Gasteiger partial charge in [-0.3, -0.25) is 18.7 Å². The number of thioether (sulfide) groups is 2. The number of ketones is 2. The lowest BCUT2D eigenvalue weighted by atomic mass is 10.2. The van der Waals surface area contributed by atoms with Gasteiger partial charge in [-0.25, -0.2) is 0 Å². The largest absolute Gasteiger partial charge is 0.295 e. The lowest BCUT2D eigenvalue weighted by Crippen LogP contribution is -2.08. The van der Waals surface area contributed by atoms with Crippen LogP contribution in [0.1, 0.15) is 20.7 Å². The average Bonchev–Trinajstić information content (AvgIpc) is 3.50. The molecular formula is C26H24N6O2S2. The predicted octanol–water partition coefficient (Wildman–Crippen LogP) is 4.86. The van der Waals surface area contributed by atoms with Crippen LogP contribution in [0.25, 0.3) is 11.6 Å². The van der Waals surface area contributed by atoms with Crippen LogP contribution in [0.4, 0.5) is 0 Å². The molecule has 10 heteroatoms.